The summed E-state index contributed by atoms with van der Waals surface area (Å²) >= 11 is 0. The second kappa shape index (κ2) is 5.49. The van der Waals surface area contributed by atoms with Crippen molar-refractivity contribution < 1.29 is 14.7 Å². The number of aliphatic hydroxyl groups excluding tert-OH is 1. The molecular formula is C12H20N2O3. The third-order valence-corrected chi connectivity index (χ3v) is 3.58. The lowest BCUT2D eigenvalue weighted by molar-refractivity contribution is -0.133. The second-order valence-corrected chi connectivity index (χ2v) is 4.94. The van der Waals surface area contributed by atoms with Gasteiger partial charge in [-0.05, 0) is 19.3 Å². The quantitative estimate of drug-likeness (QED) is 0.731. The topological polar surface area (TPSA) is 69.6 Å². The maximum Gasteiger partial charge on any atom is 0.239 e. The first-order valence-corrected chi connectivity index (χ1v) is 6.42. The standard InChI is InChI=1S/C12H20N2O3/c15-10-5-2-1-4-9(10)13-11(16)8-14-7-3-6-12(14)17/h9-10,15H,1-8H2,(H,13,16)/t9-,10-/m0/s1. The molecule has 0 unspecified atom stereocenters. The molecule has 1 aliphatic carbocycles. The van der Waals surface area contributed by atoms with Crippen LogP contribution in [0.5, 0.6) is 0 Å². The zero-order valence-electron chi connectivity index (χ0n) is 10.0. The van der Waals surface area contributed by atoms with Crippen LogP contribution >= 0.6 is 0 Å². The van der Waals surface area contributed by atoms with Gasteiger partial charge in [-0.2, -0.15) is 0 Å². The summed E-state index contributed by atoms with van der Waals surface area (Å²) in [6, 6.07) is -0.131. The van der Waals surface area contributed by atoms with Crippen LogP contribution in [0.2, 0.25) is 0 Å². The molecule has 0 aromatic rings. The van der Waals surface area contributed by atoms with E-state index in [1.165, 1.54) is 0 Å². The van der Waals surface area contributed by atoms with Crippen molar-refractivity contribution in [3.05, 3.63) is 0 Å². The number of nitrogens with one attached hydrogen (secondary N) is 1. The van der Waals surface area contributed by atoms with Crippen molar-refractivity contribution in [1.29, 1.82) is 0 Å². The van der Waals surface area contributed by atoms with Crippen LogP contribution in [0.1, 0.15) is 38.5 Å². The van der Waals surface area contributed by atoms with E-state index in [0.29, 0.717) is 13.0 Å². The van der Waals surface area contributed by atoms with E-state index in [1.807, 2.05) is 0 Å². The van der Waals surface area contributed by atoms with Crippen molar-refractivity contribution in [3.8, 4) is 0 Å². The SMILES string of the molecule is O=C(CN1CCCC1=O)N[C@H]1CCCC[C@@H]1O. The molecule has 2 rings (SSSR count). The average Bonchev–Trinajstić information content (AvgIpc) is 2.68. The monoisotopic (exact) mass is 240 g/mol. The van der Waals surface area contributed by atoms with E-state index in [-0.39, 0.29) is 24.4 Å². The number of carbonyl (C=O) groups is 2. The van der Waals surface area contributed by atoms with Crippen LogP contribution in [-0.2, 0) is 9.59 Å². The summed E-state index contributed by atoms with van der Waals surface area (Å²) in [5.74, 6) is -0.0875. The van der Waals surface area contributed by atoms with Gasteiger partial charge in [-0.25, -0.2) is 0 Å². The summed E-state index contributed by atoms with van der Waals surface area (Å²) in [5, 5.41) is 12.6. The van der Waals surface area contributed by atoms with Gasteiger partial charge in [-0.15, -0.1) is 0 Å². The van der Waals surface area contributed by atoms with Gasteiger partial charge in [-0.1, -0.05) is 12.8 Å². The van der Waals surface area contributed by atoms with Gasteiger partial charge < -0.3 is 15.3 Å². The first kappa shape index (κ1) is 12.4. The van der Waals surface area contributed by atoms with Crippen molar-refractivity contribution >= 4 is 11.8 Å². The van der Waals surface area contributed by atoms with Gasteiger partial charge in [0.2, 0.25) is 11.8 Å². The Morgan fingerprint density at radius 2 is 2.12 bits per heavy atom. The van der Waals surface area contributed by atoms with Gasteiger partial charge in [0.25, 0.3) is 0 Å². The molecule has 0 bridgehead atoms. The van der Waals surface area contributed by atoms with Crippen molar-refractivity contribution in [2.24, 2.45) is 0 Å². The largest absolute Gasteiger partial charge is 0.391 e. The Labute approximate surface area is 101 Å². The average molecular weight is 240 g/mol. The minimum atomic E-state index is -0.429. The number of amides is 2. The van der Waals surface area contributed by atoms with E-state index in [0.717, 1.165) is 32.1 Å². The van der Waals surface area contributed by atoms with E-state index in [1.54, 1.807) is 4.90 Å². The number of carbonyl (C=O) groups excluding carboxylic acids is 2. The highest BCUT2D eigenvalue weighted by Gasteiger charge is 2.27. The van der Waals surface area contributed by atoms with Crippen LogP contribution < -0.4 is 5.32 Å². The van der Waals surface area contributed by atoms with E-state index in [4.69, 9.17) is 0 Å². The Morgan fingerprint density at radius 1 is 1.35 bits per heavy atom. The van der Waals surface area contributed by atoms with E-state index >= 15 is 0 Å². The summed E-state index contributed by atoms with van der Waals surface area (Å²) in [6.07, 6.45) is 4.64. The summed E-state index contributed by atoms with van der Waals surface area (Å²) in [5.41, 5.74) is 0. The molecule has 0 aromatic carbocycles. The maximum atomic E-state index is 11.7. The smallest absolute Gasteiger partial charge is 0.239 e. The van der Waals surface area contributed by atoms with Crippen molar-refractivity contribution in [2.75, 3.05) is 13.1 Å². The molecule has 0 spiro atoms. The molecule has 1 heterocycles. The minimum Gasteiger partial charge on any atom is -0.391 e. The predicted molar refractivity (Wildman–Crippen MR) is 62.2 cm³/mol. The molecule has 1 saturated heterocycles. The zero-order valence-corrected chi connectivity index (χ0v) is 10.0. The first-order valence-electron chi connectivity index (χ1n) is 6.42. The number of aliphatic hydroxyl groups is 1. The minimum absolute atomic E-state index is 0.0596. The summed E-state index contributed by atoms with van der Waals surface area (Å²) in [6.45, 7) is 0.821. The van der Waals surface area contributed by atoms with Crippen LogP contribution in [0, 0.1) is 0 Å². The van der Waals surface area contributed by atoms with Crippen LogP contribution in [0.4, 0.5) is 0 Å². The highest BCUT2D eigenvalue weighted by atomic mass is 16.3. The van der Waals surface area contributed by atoms with Crippen molar-refractivity contribution in [3.63, 3.8) is 0 Å². The Bertz CT molecular complexity index is 306. The van der Waals surface area contributed by atoms with Gasteiger partial charge in [0, 0.05) is 13.0 Å². The van der Waals surface area contributed by atoms with Gasteiger partial charge >= 0.3 is 0 Å². The van der Waals surface area contributed by atoms with Crippen molar-refractivity contribution in [1.82, 2.24) is 10.2 Å². The van der Waals surface area contributed by atoms with Gasteiger partial charge in [0.1, 0.15) is 0 Å². The van der Waals surface area contributed by atoms with Gasteiger partial charge in [0.15, 0.2) is 0 Å². The fraction of sp³-hybridized carbons (Fsp3) is 0.833. The second-order valence-electron chi connectivity index (χ2n) is 4.94. The number of likely N-dealkylation sites (tertiary alicyclic amines) is 1. The fourth-order valence-corrected chi connectivity index (χ4v) is 2.58. The molecule has 5 heteroatoms. The van der Waals surface area contributed by atoms with Crippen LogP contribution in [0.3, 0.4) is 0 Å². The van der Waals surface area contributed by atoms with E-state index in [2.05, 4.69) is 5.32 Å². The molecule has 0 aromatic heterocycles. The Hall–Kier alpha value is -1.10. The highest BCUT2D eigenvalue weighted by Crippen LogP contribution is 2.18. The highest BCUT2D eigenvalue weighted by molar-refractivity contribution is 5.85. The fourth-order valence-electron chi connectivity index (χ4n) is 2.58. The van der Waals surface area contributed by atoms with Crippen LogP contribution in [0.15, 0.2) is 0 Å². The molecule has 96 valence electrons. The molecule has 1 saturated carbocycles. The Kier molecular flexibility index (Phi) is 3.99. The third kappa shape index (κ3) is 3.19. The first-order chi connectivity index (χ1) is 8.16. The molecule has 2 fully saturated rings. The van der Waals surface area contributed by atoms with Crippen LogP contribution in [0.25, 0.3) is 0 Å². The lowest BCUT2D eigenvalue weighted by Gasteiger charge is -2.29. The number of hydrogen-bond donors (Lipinski definition) is 2. The number of nitrogens with zero attached hydrogens (tertiary/aromatic N) is 1. The summed E-state index contributed by atoms with van der Waals surface area (Å²) in [7, 11) is 0. The lowest BCUT2D eigenvalue weighted by atomic mass is 9.92. The number of hydrogen-bond acceptors (Lipinski definition) is 3. The lowest BCUT2D eigenvalue weighted by Crippen LogP contribution is -2.48. The molecule has 5 nitrogen and oxygen atoms in total. The van der Waals surface area contributed by atoms with Gasteiger partial charge in [0.05, 0.1) is 18.7 Å². The van der Waals surface area contributed by atoms with Crippen LogP contribution in [-0.4, -0.2) is 47.1 Å². The Morgan fingerprint density at radius 3 is 2.76 bits per heavy atom. The third-order valence-electron chi connectivity index (χ3n) is 3.58. The Balaban J connectivity index is 1.78. The van der Waals surface area contributed by atoms with Crippen molar-refractivity contribution in [2.45, 2.75) is 50.7 Å². The predicted octanol–water partition coefficient (Wildman–Crippen LogP) is 0.0285. The molecule has 2 atom stereocenters. The molecule has 17 heavy (non-hydrogen) atoms. The zero-order chi connectivity index (χ0) is 12.3. The molecule has 0 radical (unpaired) electrons. The maximum absolute atomic E-state index is 11.7. The molecule has 2 amide bonds. The normalized spacial score (nSPS) is 29.5. The molecular weight excluding hydrogens is 220 g/mol. The van der Waals surface area contributed by atoms with Gasteiger partial charge in [-0.3, -0.25) is 9.59 Å². The molecule has 2 N–H and O–H groups in total. The van der Waals surface area contributed by atoms with E-state index < -0.39 is 6.10 Å². The summed E-state index contributed by atoms with van der Waals surface area (Å²) < 4.78 is 0. The van der Waals surface area contributed by atoms with E-state index in [9.17, 15) is 14.7 Å². The number of rotatable bonds is 3. The molecule has 1 aliphatic heterocycles. The summed E-state index contributed by atoms with van der Waals surface area (Å²) in [4.78, 5) is 24.7. The molecule has 2 aliphatic rings.